The summed E-state index contributed by atoms with van der Waals surface area (Å²) in [5, 5.41) is 4.45. The molecule has 0 saturated carbocycles. The summed E-state index contributed by atoms with van der Waals surface area (Å²) in [4.78, 5) is 21.5. The van der Waals surface area contributed by atoms with Gasteiger partial charge in [-0.3, -0.25) is 4.79 Å². The first kappa shape index (κ1) is 15.6. The maximum Gasteiger partial charge on any atom is 0.230 e. The summed E-state index contributed by atoms with van der Waals surface area (Å²) in [7, 11) is 1.77. The van der Waals surface area contributed by atoms with Crippen LogP contribution in [-0.2, 0) is 17.6 Å². The van der Waals surface area contributed by atoms with Crippen molar-refractivity contribution in [2.45, 2.75) is 19.8 Å². The number of nitrogens with one attached hydrogen (secondary N) is 1. The number of H-pyrrole nitrogens is 1. The van der Waals surface area contributed by atoms with E-state index in [4.69, 9.17) is 16.1 Å². The number of fused-ring (bicyclic) bond motifs is 1. The quantitative estimate of drug-likeness (QED) is 0.779. The van der Waals surface area contributed by atoms with Crippen molar-refractivity contribution >= 4 is 28.5 Å². The monoisotopic (exact) mass is 332 g/mol. The zero-order valence-corrected chi connectivity index (χ0v) is 13.7. The van der Waals surface area contributed by atoms with Gasteiger partial charge in [-0.05, 0) is 25.1 Å². The zero-order valence-electron chi connectivity index (χ0n) is 13.0. The van der Waals surface area contributed by atoms with E-state index in [2.05, 4.69) is 15.1 Å². The molecule has 0 atom stereocenters. The van der Waals surface area contributed by atoms with Crippen molar-refractivity contribution in [3.05, 3.63) is 46.6 Å². The zero-order chi connectivity index (χ0) is 16.4. The normalized spacial score (nSPS) is 11.1. The van der Waals surface area contributed by atoms with Gasteiger partial charge in [-0.1, -0.05) is 16.8 Å². The predicted octanol–water partition coefficient (Wildman–Crippen LogP) is 2.76. The fourth-order valence-corrected chi connectivity index (χ4v) is 2.51. The average molecular weight is 333 g/mol. The van der Waals surface area contributed by atoms with Crippen molar-refractivity contribution in [1.82, 2.24) is 20.0 Å². The lowest BCUT2D eigenvalue weighted by Crippen LogP contribution is -2.30. The lowest BCUT2D eigenvalue weighted by atomic mass is 10.2. The van der Waals surface area contributed by atoms with Gasteiger partial charge in [-0.2, -0.15) is 0 Å². The second kappa shape index (κ2) is 6.42. The van der Waals surface area contributed by atoms with E-state index in [-0.39, 0.29) is 12.3 Å². The van der Waals surface area contributed by atoms with Gasteiger partial charge in [0.05, 0.1) is 23.1 Å². The van der Waals surface area contributed by atoms with E-state index in [1.807, 2.05) is 25.1 Å². The van der Waals surface area contributed by atoms with E-state index < -0.39 is 0 Å². The van der Waals surface area contributed by atoms with Crippen LogP contribution in [0.1, 0.15) is 17.3 Å². The highest BCUT2D eigenvalue weighted by Gasteiger charge is 2.13. The molecule has 7 heteroatoms. The molecule has 120 valence electrons. The Balaban J connectivity index is 1.58. The molecule has 0 saturated heterocycles. The van der Waals surface area contributed by atoms with Crippen LogP contribution in [0, 0.1) is 6.92 Å². The van der Waals surface area contributed by atoms with Crippen LogP contribution in [0.2, 0.25) is 5.02 Å². The SMILES string of the molecule is Cc1cc(CC(=O)N(C)CCc2nc3ccc(Cl)cc3[nH]2)on1. The van der Waals surface area contributed by atoms with Gasteiger partial charge in [0, 0.05) is 31.1 Å². The van der Waals surface area contributed by atoms with Crippen LogP contribution in [0.15, 0.2) is 28.8 Å². The molecule has 1 amide bonds. The fraction of sp³-hybridized carbons (Fsp3) is 0.312. The van der Waals surface area contributed by atoms with E-state index in [0.717, 1.165) is 22.6 Å². The molecule has 3 rings (SSSR count). The van der Waals surface area contributed by atoms with Crippen molar-refractivity contribution in [2.24, 2.45) is 0 Å². The summed E-state index contributed by atoms with van der Waals surface area (Å²) in [5.74, 6) is 1.40. The minimum absolute atomic E-state index is 0.0136. The number of aromatic nitrogens is 3. The maximum absolute atomic E-state index is 12.1. The van der Waals surface area contributed by atoms with Crippen LogP contribution in [-0.4, -0.2) is 39.5 Å². The van der Waals surface area contributed by atoms with Gasteiger partial charge in [-0.25, -0.2) is 4.98 Å². The second-order valence-electron chi connectivity index (χ2n) is 5.52. The summed E-state index contributed by atoms with van der Waals surface area (Å²) < 4.78 is 5.07. The van der Waals surface area contributed by atoms with Crippen LogP contribution in [0.5, 0.6) is 0 Å². The number of hydrogen-bond acceptors (Lipinski definition) is 4. The minimum Gasteiger partial charge on any atom is -0.361 e. The summed E-state index contributed by atoms with van der Waals surface area (Å²) in [6.07, 6.45) is 0.858. The molecule has 0 aliphatic carbocycles. The fourth-order valence-electron chi connectivity index (χ4n) is 2.34. The molecular formula is C16H17ClN4O2. The number of imidazole rings is 1. The van der Waals surface area contributed by atoms with Crippen LogP contribution in [0.25, 0.3) is 11.0 Å². The maximum atomic E-state index is 12.1. The van der Waals surface area contributed by atoms with Crippen LogP contribution in [0.3, 0.4) is 0 Å². The van der Waals surface area contributed by atoms with Crippen molar-refractivity contribution in [3.8, 4) is 0 Å². The Morgan fingerprint density at radius 1 is 1.39 bits per heavy atom. The van der Waals surface area contributed by atoms with E-state index in [9.17, 15) is 4.79 Å². The van der Waals surface area contributed by atoms with Gasteiger partial charge in [0.25, 0.3) is 0 Å². The van der Waals surface area contributed by atoms with E-state index in [1.54, 1.807) is 18.0 Å². The number of aromatic amines is 1. The van der Waals surface area contributed by atoms with Crippen LogP contribution in [0.4, 0.5) is 0 Å². The van der Waals surface area contributed by atoms with E-state index in [1.165, 1.54) is 0 Å². The number of rotatable bonds is 5. The Morgan fingerprint density at radius 2 is 2.22 bits per heavy atom. The number of carbonyl (C=O) groups excluding carboxylic acids is 1. The molecule has 3 aromatic rings. The van der Waals surface area contributed by atoms with Gasteiger partial charge >= 0.3 is 0 Å². The topological polar surface area (TPSA) is 75.0 Å². The summed E-state index contributed by atoms with van der Waals surface area (Å²) in [6, 6.07) is 7.30. The van der Waals surface area contributed by atoms with Gasteiger partial charge in [0.1, 0.15) is 11.6 Å². The third kappa shape index (κ3) is 3.71. The Labute approximate surface area is 138 Å². The highest BCUT2D eigenvalue weighted by atomic mass is 35.5. The summed E-state index contributed by atoms with van der Waals surface area (Å²) in [6.45, 7) is 2.40. The van der Waals surface area contributed by atoms with Gasteiger partial charge in [-0.15, -0.1) is 0 Å². The number of carbonyl (C=O) groups is 1. The Morgan fingerprint density at radius 3 is 2.96 bits per heavy atom. The van der Waals surface area contributed by atoms with E-state index in [0.29, 0.717) is 23.7 Å². The molecule has 0 fully saturated rings. The number of halogens is 1. The molecule has 1 aromatic carbocycles. The summed E-state index contributed by atoms with van der Waals surface area (Å²) in [5.41, 5.74) is 2.55. The number of nitrogens with zero attached hydrogens (tertiary/aromatic N) is 3. The molecule has 0 aliphatic heterocycles. The van der Waals surface area contributed by atoms with Crippen molar-refractivity contribution < 1.29 is 9.32 Å². The molecule has 0 bridgehead atoms. The second-order valence-corrected chi connectivity index (χ2v) is 5.96. The van der Waals surface area contributed by atoms with Crippen molar-refractivity contribution in [3.63, 3.8) is 0 Å². The lowest BCUT2D eigenvalue weighted by Gasteiger charge is -2.15. The van der Waals surface area contributed by atoms with E-state index >= 15 is 0 Å². The molecule has 2 heterocycles. The minimum atomic E-state index is -0.0136. The lowest BCUT2D eigenvalue weighted by molar-refractivity contribution is -0.129. The molecule has 0 aliphatic rings. The molecule has 0 radical (unpaired) electrons. The smallest absolute Gasteiger partial charge is 0.230 e. The highest BCUT2D eigenvalue weighted by Crippen LogP contribution is 2.17. The number of likely N-dealkylation sites (N-methyl/N-ethyl adjacent to an activating group) is 1. The standard InChI is InChI=1S/C16H17ClN4O2/c1-10-7-12(23-20-10)9-16(22)21(2)6-5-15-18-13-4-3-11(17)8-14(13)19-15/h3-4,7-8H,5-6,9H2,1-2H3,(H,18,19). The van der Waals surface area contributed by atoms with Gasteiger partial charge in [0.15, 0.2) is 0 Å². The first-order chi connectivity index (χ1) is 11.0. The van der Waals surface area contributed by atoms with Crippen LogP contribution >= 0.6 is 11.6 Å². The molecule has 2 aromatic heterocycles. The number of amides is 1. The Kier molecular flexibility index (Phi) is 4.34. The number of aryl methyl sites for hydroxylation is 1. The van der Waals surface area contributed by atoms with Gasteiger partial charge in [0.2, 0.25) is 5.91 Å². The molecule has 0 spiro atoms. The first-order valence-corrected chi connectivity index (χ1v) is 7.69. The first-order valence-electron chi connectivity index (χ1n) is 7.31. The summed E-state index contributed by atoms with van der Waals surface area (Å²) >= 11 is 5.96. The molecule has 1 N–H and O–H groups in total. The number of benzene rings is 1. The van der Waals surface area contributed by atoms with Crippen molar-refractivity contribution in [2.75, 3.05) is 13.6 Å². The van der Waals surface area contributed by atoms with Crippen LogP contribution < -0.4 is 0 Å². The van der Waals surface area contributed by atoms with Gasteiger partial charge < -0.3 is 14.4 Å². The largest absolute Gasteiger partial charge is 0.361 e. The third-order valence-electron chi connectivity index (χ3n) is 3.60. The molecule has 23 heavy (non-hydrogen) atoms. The third-order valence-corrected chi connectivity index (χ3v) is 3.84. The molecular weight excluding hydrogens is 316 g/mol. The predicted molar refractivity (Wildman–Crippen MR) is 87.4 cm³/mol. The molecule has 0 unspecified atom stereocenters. The molecule has 6 nitrogen and oxygen atoms in total. The number of hydrogen-bond donors (Lipinski definition) is 1. The van der Waals surface area contributed by atoms with Crippen molar-refractivity contribution in [1.29, 1.82) is 0 Å². The Bertz CT molecular complexity index is 840. The Hall–Kier alpha value is -2.34. The average Bonchev–Trinajstić information content (AvgIpc) is 3.10. The highest BCUT2D eigenvalue weighted by molar-refractivity contribution is 6.31.